The number of carbonyl (C=O) groups is 1. The van der Waals surface area contributed by atoms with E-state index in [2.05, 4.69) is 9.89 Å². The van der Waals surface area contributed by atoms with E-state index in [1.54, 1.807) is 18.2 Å². The molecule has 0 saturated carbocycles. The Labute approximate surface area is 199 Å². The number of rotatable bonds is 5. The monoisotopic (exact) mass is 494 g/mol. The molecule has 1 aromatic heterocycles. The topological polar surface area (TPSA) is 94.3 Å². The van der Waals surface area contributed by atoms with Gasteiger partial charge in [-0.05, 0) is 46.0 Å². The summed E-state index contributed by atoms with van der Waals surface area (Å²) in [5.74, 6) is -0.134. The van der Waals surface area contributed by atoms with Crippen LogP contribution in [0.15, 0.2) is 47.0 Å². The minimum Gasteiger partial charge on any atom is -0.473 e. The molecular weight excluding hydrogens is 469 g/mol. The van der Waals surface area contributed by atoms with Crippen molar-refractivity contribution in [1.29, 1.82) is 0 Å². The lowest BCUT2D eigenvalue weighted by Gasteiger charge is -2.44. The maximum absolute atomic E-state index is 12.4. The predicted octanol–water partition coefficient (Wildman–Crippen LogP) is 5.57. The van der Waals surface area contributed by atoms with Crippen LogP contribution in [0.5, 0.6) is 11.6 Å². The summed E-state index contributed by atoms with van der Waals surface area (Å²) >= 11 is 0. The molecule has 1 saturated heterocycles. The molecule has 1 N–H and O–H groups in total. The fourth-order valence-corrected chi connectivity index (χ4v) is 4.17. The van der Waals surface area contributed by atoms with E-state index in [0.717, 1.165) is 0 Å². The largest absolute Gasteiger partial charge is 0.573 e. The number of hydrogen-bond acceptors (Lipinski definition) is 6. The zero-order valence-electron chi connectivity index (χ0n) is 19.3. The van der Waals surface area contributed by atoms with E-state index in [4.69, 9.17) is 14.0 Å². The molecule has 1 amide bonds. The van der Waals surface area contributed by atoms with Crippen LogP contribution in [0.1, 0.15) is 20.8 Å². The Bertz CT molecular complexity index is 1190. The Hall–Kier alpha value is -3.47. The van der Waals surface area contributed by atoms with Gasteiger partial charge >= 0.3 is 12.5 Å². The van der Waals surface area contributed by atoms with Crippen LogP contribution < -0.4 is 9.47 Å². The van der Waals surface area contributed by atoms with Gasteiger partial charge in [0.25, 0.3) is 5.88 Å². The van der Waals surface area contributed by atoms with E-state index in [9.17, 15) is 23.1 Å². The smallest absolute Gasteiger partial charge is 0.473 e. The number of aromatic nitrogens is 1. The predicted molar refractivity (Wildman–Crippen MR) is 119 cm³/mol. The van der Waals surface area contributed by atoms with Gasteiger partial charge in [0.1, 0.15) is 12.4 Å². The Morgan fingerprint density at radius 2 is 1.83 bits per heavy atom. The summed E-state index contributed by atoms with van der Waals surface area (Å²) in [6.07, 6.45) is -6.21. The van der Waals surface area contributed by atoms with Gasteiger partial charge in [-0.1, -0.05) is 39.0 Å². The van der Waals surface area contributed by atoms with E-state index in [1.807, 2.05) is 20.8 Å². The van der Waals surface area contributed by atoms with Crippen molar-refractivity contribution in [2.24, 2.45) is 5.41 Å². The van der Waals surface area contributed by atoms with Crippen LogP contribution >= 0.6 is 0 Å². The SMILES string of the molecule is CC(C)(C)C1OCCN(C(=O)O)C1COc1noc2ccc(-c3ccc(OC(F)(F)F)cc3)cc12. The van der Waals surface area contributed by atoms with Crippen LogP contribution in [-0.4, -0.2) is 59.5 Å². The van der Waals surface area contributed by atoms with Crippen LogP contribution in [0.2, 0.25) is 0 Å². The van der Waals surface area contributed by atoms with Gasteiger partial charge in [0.05, 0.1) is 24.1 Å². The maximum atomic E-state index is 12.4. The fraction of sp³-hybridized carbons (Fsp3) is 0.417. The van der Waals surface area contributed by atoms with Crippen molar-refractivity contribution in [3.63, 3.8) is 0 Å². The van der Waals surface area contributed by atoms with Crippen LogP contribution in [0.3, 0.4) is 0 Å². The summed E-state index contributed by atoms with van der Waals surface area (Å²) in [5.41, 5.74) is 1.47. The molecule has 3 aromatic rings. The molecule has 0 radical (unpaired) electrons. The number of alkyl halides is 3. The average molecular weight is 494 g/mol. The highest BCUT2D eigenvalue weighted by molar-refractivity contribution is 5.87. The first-order valence-corrected chi connectivity index (χ1v) is 10.9. The second kappa shape index (κ2) is 9.29. The molecule has 0 aliphatic carbocycles. The molecule has 0 spiro atoms. The van der Waals surface area contributed by atoms with Gasteiger partial charge in [0.2, 0.25) is 0 Å². The van der Waals surface area contributed by atoms with E-state index >= 15 is 0 Å². The van der Waals surface area contributed by atoms with Crippen molar-refractivity contribution in [3.05, 3.63) is 42.5 Å². The van der Waals surface area contributed by atoms with E-state index in [1.165, 1.54) is 29.2 Å². The standard InChI is InChI=1S/C24H25F3N2O6/c1-23(2,3)20-18(29(22(30)31)10-11-32-20)13-33-21-17-12-15(6-9-19(17)35-28-21)14-4-7-16(8-5-14)34-24(25,26)27/h4-9,12,18,20H,10-11,13H2,1-3H3,(H,30,31). The number of benzene rings is 2. The van der Waals surface area contributed by atoms with Gasteiger partial charge in [-0.25, -0.2) is 4.79 Å². The highest BCUT2D eigenvalue weighted by atomic mass is 19.4. The molecule has 1 fully saturated rings. The van der Waals surface area contributed by atoms with Gasteiger partial charge in [-0.2, -0.15) is 0 Å². The lowest BCUT2D eigenvalue weighted by molar-refractivity contribution is -0.274. The first kappa shape index (κ1) is 24.6. The summed E-state index contributed by atoms with van der Waals surface area (Å²) in [4.78, 5) is 13.1. The quantitative estimate of drug-likeness (QED) is 0.496. The molecule has 11 heteroatoms. The molecule has 4 rings (SSSR count). The fourth-order valence-electron chi connectivity index (χ4n) is 4.17. The van der Waals surface area contributed by atoms with Gasteiger partial charge in [-0.15, -0.1) is 13.2 Å². The lowest BCUT2D eigenvalue weighted by atomic mass is 9.83. The molecule has 0 bridgehead atoms. The minimum atomic E-state index is -4.76. The first-order chi connectivity index (χ1) is 16.4. The number of morpholine rings is 1. The minimum absolute atomic E-state index is 0.00355. The highest BCUT2D eigenvalue weighted by Gasteiger charge is 2.42. The molecular formula is C24H25F3N2O6. The number of fused-ring (bicyclic) bond motifs is 1. The van der Waals surface area contributed by atoms with Gasteiger partial charge in [0, 0.05) is 6.54 Å². The number of halogens is 3. The summed E-state index contributed by atoms with van der Waals surface area (Å²) in [6.45, 7) is 6.45. The number of amides is 1. The Kier molecular flexibility index (Phi) is 6.54. The Balaban J connectivity index is 1.56. The second-order valence-corrected chi connectivity index (χ2v) is 9.28. The summed E-state index contributed by atoms with van der Waals surface area (Å²) in [5, 5.41) is 14.2. The zero-order chi connectivity index (χ0) is 25.4. The van der Waals surface area contributed by atoms with E-state index < -0.39 is 24.6 Å². The normalized spacial score (nSPS) is 19.1. The molecule has 2 aromatic carbocycles. The van der Waals surface area contributed by atoms with Crippen LogP contribution in [0.25, 0.3) is 22.1 Å². The van der Waals surface area contributed by atoms with Crippen LogP contribution in [0, 0.1) is 5.41 Å². The van der Waals surface area contributed by atoms with Gasteiger partial charge in [0.15, 0.2) is 5.58 Å². The zero-order valence-corrected chi connectivity index (χ0v) is 19.3. The lowest BCUT2D eigenvalue weighted by Crippen LogP contribution is -2.59. The van der Waals surface area contributed by atoms with Crippen molar-refractivity contribution in [2.45, 2.75) is 39.3 Å². The molecule has 1 aliphatic rings. The molecule has 2 atom stereocenters. The molecule has 2 unspecified atom stereocenters. The molecule has 188 valence electrons. The van der Waals surface area contributed by atoms with Crippen molar-refractivity contribution in [1.82, 2.24) is 10.1 Å². The summed E-state index contributed by atoms with van der Waals surface area (Å²) < 4.78 is 58.3. The first-order valence-electron chi connectivity index (χ1n) is 10.9. The Morgan fingerprint density at radius 1 is 1.14 bits per heavy atom. The Morgan fingerprint density at radius 3 is 2.46 bits per heavy atom. The highest BCUT2D eigenvalue weighted by Crippen LogP contribution is 2.34. The number of nitrogens with zero attached hydrogens (tertiary/aromatic N) is 2. The summed E-state index contributed by atoms with van der Waals surface area (Å²) in [6, 6.07) is 10.1. The number of ether oxygens (including phenoxy) is 3. The second-order valence-electron chi connectivity index (χ2n) is 9.28. The number of hydrogen-bond donors (Lipinski definition) is 1. The van der Waals surface area contributed by atoms with Crippen LogP contribution in [-0.2, 0) is 4.74 Å². The average Bonchev–Trinajstić information content (AvgIpc) is 3.18. The third kappa shape index (κ3) is 5.61. The maximum Gasteiger partial charge on any atom is 0.573 e. The van der Waals surface area contributed by atoms with Crippen molar-refractivity contribution < 1.29 is 41.8 Å². The molecule has 8 nitrogen and oxygen atoms in total. The third-order valence-electron chi connectivity index (χ3n) is 5.73. The van der Waals surface area contributed by atoms with Crippen molar-refractivity contribution >= 4 is 17.1 Å². The molecule has 1 aliphatic heterocycles. The van der Waals surface area contributed by atoms with Crippen molar-refractivity contribution in [3.8, 4) is 22.8 Å². The van der Waals surface area contributed by atoms with Gasteiger partial charge in [-0.3, -0.25) is 4.90 Å². The molecule has 35 heavy (non-hydrogen) atoms. The van der Waals surface area contributed by atoms with Crippen molar-refractivity contribution in [2.75, 3.05) is 19.8 Å². The van der Waals surface area contributed by atoms with Crippen LogP contribution in [0.4, 0.5) is 18.0 Å². The van der Waals surface area contributed by atoms with E-state index in [-0.39, 0.29) is 30.2 Å². The molecule has 2 heterocycles. The summed E-state index contributed by atoms with van der Waals surface area (Å²) in [7, 11) is 0. The number of carboxylic acid groups (broad SMARTS) is 1. The third-order valence-corrected chi connectivity index (χ3v) is 5.73. The van der Waals surface area contributed by atoms with Gasteiger partial charge < -0.3 is 23.8 Å². The van der Waals surface area contributed by atoms with E-state index in [0.29, 0.717) is 28.7 Å².